The average molecular weight is 418 g/mol. The number of benzene rings is 2. The van der Waals surface area contributed by atoms with Crippen molar-refractivity contribution >= 4 is 32.8 Å². The first-order valence-corrected chi connectivity index (χ1v) is 11.8. The summed E-state index contributed by atoms with van der Waals surface area (Å²) in [6.07, 6.45) is 0.970. The third kappa shape index (κ3) is 3.97. The van der Waals surface area contributed by atoms with Crippen LogP contribution in [0.2, 0.25) is 5.02 Å². The molecule has 0 N–H and O–H groups in total. The average Bonchev–Trinajstić information content (AvgIpc) is 3.16. The van der Waals surface area contributed by atoms with Crippen LogP contribution in [0.1, 0.15) is 22.0 Å². The zero-order chi connectivity index (χ0) is 18.9. The Bertz CT molecular complexity index is 1010. The Kier molecular flexibility index (Phi) is 5.37. The van der Waals surface area contributed by atoms with E-state index in [2.05, 4.69) is 28.5 Å². The molecule has 27 heavy (non-hydrogen) atoms. The third-order valence-corrected chi connectivity index (χ3v) is 7.96. The summed E-state index contributed by atoms with van der Waals surface area (Å²) < 4.78 is 25.5. The highest BCUT2D eigenvalue weighted by molar-refractivity contribution is 7.91. The molecule has 0 saturated carbocycles. The van der Waals surface area contributed by atoms with Gasteiger partial charge in [0.25, 0.3) is 0 Å². The van der Waals surface area contributed by atoms with Gasteiger partial charge in [0.05, 0.1) is 16.7 Å². The molecule has 3 nitrogen and oxygen atoms in total. The molecule has 0 fully saturated rings. The Morgan fingerprint density at radius 3 is 2.52 bits per heavy atom. The van der Waals surface area contributed by atoms with Gasteiger partial charge in [0, 0.05) is 23.0 Å². The lowest BCUT2D eigenvalue weighted by Crippen LogP contribution is -2.38. The first-order chi connectivity index (χ1) is 13.0. The van der Waals surface area contributed by atoms with Crippen LogP contribution in [0.5, 0.6) is 0 Å². The summed E-state index contributed by atoms with van der Waals surface area (Å²) in [5.41, 5.74) is 2.52. The van der Waals surface area contributed by atoms with Gasteiger partial charge in [0.15, 0.2) is 9.84 Å². The van der Waals surface area contributed by atoms with E-state index >= 15 is 0 Å². The molecular weight excluding hydrogens is 398 g/mol. The summed E-state index contributed by atoms with van der Waals surface area (Å²) in [4.78, 5) is 4.02. The molecule has 0 bridgehead atoms. The minimum atomic E-state index is -3.34. The van der Waals surface area contributed by atoms with Crippen molar-refractivity contribution < 1.29 is 8.42 Å². The molecule has 0 unspecified atom stereocenters. The summed E-state index contributed by atoms with van der Waals surface area (Å²) in [5, 5.41) is 2.67. The van der Waals surface area contributed by atoms with E-state index in [9.17, 15) is 8.42 Å². The van der Waals surface area contributed by atoms with Gasteiger partial charge in [-0.2, -0.15) is 0 Å². The fourth-order valence-electron chi connectivity index (χ4n) is 3.63. The van der Waals surface area contributed by atoms with E-state index in [1.807, 2.05) is 18.2 Å². The summed E-state index contributed by atoms with van der Waals surface area (Å²) >= 11 is 7.67. The van der Waals surface area contributed by atoms with Gasteiger partial charge in [-0.3, -0.25) is 4.90 Å². The Hall–Kier alpha value is -1.66. The lowest BCUT2D eigenvalue weighted by atomic mass is 9.93. The standard InChI is InChI=1S/C21H20ClNO2S2/c22-17-6-8-18(9-7-17)27(24,25)15-13-23-12-10-20-19(11-14-26-20)21(23)16-4-2-1-3-5-16/h1-9,11,14,21H,10,12-13,15H2/t21-/m0/s1. The van der Waals surface area contributed by atoms with Crippen LogP contribution in [0.3, 0.4) is 0 Å². The van der Waals surface area contributed by atoms with Gasteiger partial charge in [-0.15, -0.1) is 11.3 Å². The number of fused-ring (bicyclic) bond motifs is 1. The van der Waals surface area contributed by atoms with Gasteiger partial charge in [-0.25, -0.2) is 8.42 Å². The first kappa shape index (κ1) is 18.7. The van der Waals surface area contributed by atoms with Crippen LogP contribution in [0.15, 0.2) is 70.9 Å². The monoisotopic (exact) mass is 417 g/mol. The second-order valence-electron chi connectivity index (χ2n) is 6.67. The van der Waals surface area contributed by atoms with E-state index in [0.717, 1.165) is 13.0 Å². The molecule has 4 rings (SSSR count). The quantitative estimate of drug-likeness (QED) is 0.597. The van der Waals surface area contributed by atoms with Crippen molar-refractivity contribution in [2.24, 2.45) is 0 Å². The van der Waals surface area contributed by atoms with E-state index in [4.69, 9.17) is 11.6 Å². The van der Waals surface area contributed by atoms with Crippen LogP contribution in [0.4, 0.5) is 0 Å². The Morgan fingerprint density at radius 1 is 1.04 bits per heavy atom. The van der Waals surface area contributed by atoms with E-state index in [1.165, 1.54) is 16.0 Å². The normalized spacial score (nSPS) is 17.6. The highest BCUT2D eigenvalue weighted by atomic mass is 35.5. The number of thiophene rings is 1. The molecule has 0 saturated heterocycles. The van der Waals surface area contributed by atoms with Gasteiger partial charge >= 0.3 is 0 Å². The predicted octanol–water partition coefficient (Wildman–Crippen LogP) is 4.82. The van der Waals surface area contributed by atoms with Gasteiger partial charge in [-0.05, 0) is 53.3 Å². The largest absolute Gasteiger partial charge is 0.291 e. The molecule has 0 aliphatic carbocycles. The lowest BCUT2D eigenvalue weighted by molar-refractivity contribution is 0.228. The Morgan fingerprint density at radius 2 is 1.78 bits per heavy atom. The van der Waals surface area contributed by atoms with Crippen LogP contribution >= 0.6 is 22.9 Å². The van der Waals surface area contributed by atoms with Gasteiger partial charge in [0.2, 0.25) is 0 Å². The maximum absolute atomic E-state index is 12.8. The van der Waals surface area contributed by atoms with Gasteiger partial charge in [-0.1, -0.05) is 41.9 Å². The van der Waals surface area contributed by atoms with E-state index in [-0.39, 0.29) is 11.8 Å². The first-order valence-electron chi connectivity index (χ1n) is 8.88. The molecule has 3 aromatic rings. The number of hydrogen-bond acceptors (Lipinski definition) is 4. The molecule has 6 heteroatoms. The van der Waals surface area contributed by atoms with Gasteiger partial charge in [0.1, 0.15) is 0 Å². The van der Waals surface area contributed by atoms with E-state index in [0.29, 0.717) is 16.5 Å². The molecule has 0 radical (unpaired) electrons. The zero-order valence-corrected chi connectivity index (χ0v) is 17.1. The molecule has 0 spiro atoms. The molecule has 1 aromatic heterocycles. The highest BCUT2D eigenvalue weighted by Crippen LogP contribution is 2.37. The van der Waals surface area contributed by atoms with Crippen molar-refractivity contribution in [1.82, 2.24) is 4.90 Å². The maximum atomic E-state index is 12.8. The van der Waals surface area contributed by atoms with Crippen LogP contribution < -0.4 is 0 Å². The van der Waals surface area contributed by atoms with Crippen molar-refractivity contribution in [3.8, 4) is 0 Å². The molecule has 140 valence electrons. The third-order valence-electron chi connectivity index (χ3n) is 5.00. The predicted molar refractivity (Wildman–Crippen MR) is 111 cm³/mol. The molecular formula is C21H20ClNO2S2. The van der Waals surface area contributed by atoms with Gasteiger partial charge < -0.3 is 0 Å². The fourth-order valence-corrected chi connectivity index (χ4v) is 5.92. The number of rotatable bonds is 5. The van der Waals surface area contributed by atoms with E-state index < -0.39 is 9.84 Å². The van der Waals surface area contributed by atoms with Crippen molar-refractivity contribution in [3.63, 3.8) is 0 Å². The smallest absolute Gasteiger partial charge is 0.179 e. The summed E-state index contributed by atoms with van der Waals surface area (Å²) in [6, 6.07) is 19.0. The zero-order valence-electron chi connectivity index (χ0n) is 14.7. The minimum Gasteiger partial charge on any atom is -0.291 e. The topological polar surface area (TPSA) is 37.4 Å². The maximum Gasteiger partial charge on any atom is 0.179 e. The Balaban J connectivity index is 1.58. The number of hydrogen-bond donors (Lipinski definition) is 0. The summed E-state index contributed by atoms with van der Waals surface area (Å²) in [6.45, 7) is 1.36. The van der Waals surface area contributed by atoms with Crippen molar-refractivity contribution in [2.45, 2.75) is 17.4 Å². The molecule has 0 amide bonds. The van der Waals surface area contributed by atoms with E-state index in [1.54, 1.807) is 35.6 Å². The molecule has 1 aliphatic rings. The molecule has 1 aliphatic heterocycles. The number of halogens is 1. The second kappa shape index (κ2) is 7.76. The SMILES string of the molecule is O=S(=O)(CCN1CCc2sccc2[C@@H]1c1ccccc1)c1ccc(Cl)cc1. The second-order valence-corrected chi connectivity index (χ2v) is 10.2. The van der Waals surface area contributed by atoms with Crippen LogP contribution in [0, 0.1) is 0 Å². The molecule has 2 aromatic carbocycles. The lowest BCUT2D eigenvalue weighted by Gasteiger charge is -2.36. The summed E-state index contributed by atoms with van der Waals surface area (Å²) in [7, 11) is -3.34. The van der Waals surface area contributed by atoms with Crippen LogP contribution in [-0.2, 0) is 16.3 Å². The molecule has 2 heterocycles. The minimum absolute atomic E-state index is 0.0947. The van der Waals surface area contributed by atoms with Crippen molar-refractivity contribution in [1.29, 1.82) is 0 Å². The molecule has 1 atom stereocenters. The van der Waals surface area contributed by atoms with Crippen LogP contribution in [-0.4, -0.2) is 32.2 Å². The Labute approximate surface area is 169 Å². The summed E-state index contributed by atoms with van der Waals surface area (Å²) in [5.74, 6) is 0.0947. The number of nitrogens with zero attached hydrogens (tertiary/aromatic N) is 1. The van der Waals surface area contributed by atoms with Crippen LogP contribution in [0.25, 0.3) is 0 Å². The highest BCUT2D eigenvalue weighted by Gasteiger charge is 2.30. The van der Waals surface area contributed by atoms with Crippen molar-refractivity contribution in [3.05, 3.63) is 87.1 Å². The van der Waals surface area contributed by atoms with Crippen molar-refractivity contribution in [2.75, 3.05) is 18.8 Å². The number of sulfone groups is 1. The fraction of sp³-hybridized carbons (Fsp3) is 0.238.